The average molecular weight is 340 g/mol. The minimum atomic E-state index is -0.461. The second-order valence-electron chi connectivity index (χ2n) is 6.42. The highest BCUT2D eigenvalue weighted by Crippen LogP contribution is 2.38. The zero-order valence-corrected chi connectivity index (χ0v) is 13.9. The lowest BCUT2D eigenvalue weighted by Gasteiger charge is -2.32. The largest absolute Gasteiger partial charge is 0.501 e. The maximum Gasteiger partial charge on any atom is 0.501 e. The molecule has 3 rings (SSSR count). The molecule has 0 aromatic carbocycles. The Hall–Kier alpha value is -0.585. The van der Waals surface area contributed by atoms with Crippen molar-refractivity contribution in [3.8, 4) is 5.75 Å². The van der Waals surface area contributed by atoms with Crippen LogP contribution in [0.5, 0.6) is 5.75 Å². The van der Waals surface area contributed by atoms with Gasteiger partial charge in [0, 0.05) is 6.20 Å². The number of halogens is 1. The van der Waals surface area contributed by atoms with Gasteiger partial charge in [0.2, 0.25) is 0 Å². The summed E-state index contributed by atoms with van der Waals surface area (Å²) in [5, 5.41) is 0. The Morgan fingerprint density at radius 2 is 1.85 bits per heavy atom. The van der Waals surface area contributed by atoms with Crippen LogP contribution in [-0.2, 0) is 9.31 Å². The molecule has 0 amide bonds. The lowest BCUT2D eigenvalue weighted by molar-refractivity contribution is 0.00578. The normalized spacial score (nSPS) is 23.9. The van der Waals surface area contributed by atoms with Gasteiger partial charge in [0.15, 0.2) is 0 Å². The monoisotopic (exact) mass is 339 g/mol. The Morgan fingerprint density at radius 1 is 1.25 bits per heavy atom. The number of aromatic nitrogens is 1. The number of pyridine rings is 1. The zero-order chi connectivity index (χ0) is 14.5. The fourth-order valence-corrected chi connectivity index (χ4v) is 2.57. The number of hydrogen-bond acceptors (Lipinski definition) is 4. The van der Waals surface area contributed by atoms with Crippen LogP contribution in [0, 0.1) is 0 Å². The van der Waals surface area contributed by atoms with Crippen molar-refractivity contribution in [3.63, 3.8) is 0 Å². The van der Waals surface area contributed by atoms with Crippen LogP contribution in [0.1, 0.15) is 40.5 Å². The minimum Gasteiger partial charge on any atom is -0.491 e. The molecule has 0 unspecified atom stereocenters. The summed E-state index contributed by atoms with van der Waals surface area (Å²) in [5.41, 5.74) is 0.103. The molecular formula is C14H19BBrNO3. The molecule has 1 aliphatic heterocycles. The van der Waals surface area contributed by atoms with Crippen LogP contribution in [0.15, 0.2) is 16.9 Å². The van der Waals surface area contributed by atoms with Gasteiger partial charge >= 0.3 is 7.12 Å². The standard InChI is InChI=1S/C14H19BBrNO3/c1-13(2)14(3,4)20-15(19-13)11-10(18-9-5-6-9)7-8-17-12(11)16/h7-9H,5-6H2,1-4H3. The molecule has 20 heavy (non-hydrogen) atoms. The van der Waals surface area contributed by atoms with Gasteiger partial charge in [-0.2, -0.15) is 0 Å². The highest BCUT2D eigenvalue weighted by Gasteiger charge is 2.53. The van der Waals surface area contributed by atoms with Crippen molar-refractivity contribution in [1.82, 2.24) is 4.98 Å². The van der Waals surface area contributed by atoms with Crippen LogP contribution >= 0.6 is 15.9 Å². The smallest absolute Gasteiger partial charge is 0.491 e. The summed E-state index contributed by atoms with van der Waals surface area (Å²) in [6.45, 7) is 8.16. The van der Waals surface area contributed by atoms with Gasteiger partial charge in [-0.1, -0.05) is 0 Å². The van der Waals surface area contributed by atoms with Gasteiger partial charge in [0.05, 0.1) is 22.8 Å². The van der Waals surface area contributed by atoms with E-state index in [4.69, 9.17) is 14.0 Å². The molecule has 4 nitrogen and oxygen atoms in total. The Kier molecular flexibility index (Phi) is 3.38. The molecule has 0 bridgehead atoms. The van der Waals surface area contributed by atoms with Crippen molar-refractivity contribution in [1.29, 1.82) is 0 Å². The van der Waals surface area contributed by atoms with Crippen molar-refractivity contribution in [2.45, 2.75) is 57.8 Å². The molecule has 1 saturated carbocycles. The van der Waals surface area contributed by atoms with E-state index in [-0.39, 0.29) is 11.2 Å². The van der Waals surface area contributed by atoms with Crippen LogP contribution < -0.4 is 10.2 Å². The summed E-state index contributed by atoms with van der Waals surface area (Å²) in [6, 6.07) is 1.88. The fraction of sp³-hybridized carbons (Fsp3) is 0.643. The third-order valence-electron chi connectivity index (χ3n) is 4.21. The van der Waals surface area contributed by atoms with E-state index in [0.29, 0.717) is 10.7 Å². The first-order chi connectivity index (χ1) is 9.30. The summed E-state index contributed by atoms with van der Waals surface area (Å²) >= 11 is 3.49. The topological polar surface area (TPSA) is 40.6 Å². The van der Waals surface area contributed by atoms with Crippen LogP contribution in [0.2, 0.25) is 0 Å². The number of ether oxygens (including phenoxy) is 1. The minimum absolute atomic E-state index is 0.325. The lowest BCUT2D eigenvalue weighted by Crippen LogP contribution is -2.41. The summed E-state index contributed by atoms with van der Waals surface area (Å²) in [4.78, 5) is 4.28. The van der Waals surface area contributed by atoms with E-state index < -0.39 is 7.12 Å². The molecule has 2 heterocycles. The molecule has 1 aromatic heterocycles. The molecule has 0 radical (unpaired) electrons. The lowest BCUT2D eigenvalue weighted by atomic mass is 9.79. The predicted molar refractivity (Wildman–Crippen MR) is 81.3 cm³/mol. The molecule has 108 valence electrons. The van der Waals surface area contributed by atoms with Crippen molar-refractivity contribution >= 4 is 28.5 Å². The SMILES string of the molecule is CC1(C)OB(c2c(OC3CC3)ccnc2Br)OC1(C)C. The van der Waals surface area contributed by atoms with E-state index in [2.05, 4.69) is 20.9 Å². The van der Waals surface area contributed by atoms with Gasteiger partial charge in [-0.25, -0.2) is 4.98 Å². The first kappa shape index (κ1) is 14.4. The quantitative estimate of drug-likeness (QED) is 0.627. The van der Waals surface area contributed by atoms with Crippen molar-refractivity contribution in [3.05, 3.63) is 16.9 Å². The molecular weight excluding hydrogens is 321 g/mol. The van der Waals surface area contributed by atoms with E-state index in [1.54, 1.807) is 6.20 Å². The van der Waals surface area contributed by atoms with Crippen LogP contribution in [0.3, 0.4) is 0 Å². The summed E-state index contributed by atoms with van der Waals surface area (Å²) in [6.07, 6.45) is 4.28. The van der Waals surface area contributed by atoms with Crippen molar-refractivity contribution in [2.75, 3.05) is 0 Å². The molecule has 0 N–H and O–H groups in total. The second kappa shape index (κ2) is 4.72. The maximum absolute atomic E-state index is 6.10. The molecule has 1 aliphatic carbocycles. The highest BCUT2D eigenvalue weighted by molar-refractivity contribution is 9.10. The molecule has 2 aliphatic rings. The molecule has 1 saturated heterocycles. The van der Waals surface area contributed by atoms with E-state index in [1.807, 2.05) is 33.8 Å². The number of rotatable bonds is 3. The van der Waals surface area contributed by atoms with Gasteiger partial charge in [-0.05, 0) is 62.5 Å². The average Bonchev–Trinajstić information content (AvgIpc) is 3.07. The van der Waals surface area contributed by atoms with E-state index >= 15 is 0 Å². The Labute approximate surface area is 128 Å². The molecule has 1 aromatic rings. The van der Waals surface area contributed by atoms with Crippen LogP contribution in [0.25, 0.3) is 0 Å². The van der Waals surface area contributed by atoms with E-state index in [1.165, 1.54) is 0 Å². The number of nitrogens with zero attached hydrogens (tertiary/aromatic N) is 1. The van der Waals surface area contributed by atoms with Gasteiger partial charge in [-0.3, -0.25) is 0 Å². The van der Waals surface area contributed by atoms with Gasteiger partial charge in [0.1, 0.15) is 10.4 Å². The first-order valence-electron chi connectivity index (χ1n) is 6.97. The Balaban J connectivity index is 1.94. The summed E-state index contributed by atoms with van der Waals surface area (Å²) < 4.78 is 18.9. The molecule has 2 fully saturated rings. The Morgan fingerprint density at radius 3 is 2.40 bits per heavy atom. The zero-order valence-electron chi connectivity index (χ0n) is 12.3. The van der Waals surface area contributed by atoms with E-state index in [9.17, 15) is 0 Å². The fourth-order valence-electron chi connectivity index (χ4n) is 2.07. The van der Waals surface area contributed by atoms with Gasteiger partial charge in [0.25, 0.3) is 0 Å². The van der Waals surface area contributed by atoms with Gasteiger partial charge in [-0.15, -0.1) is 0 Å². The third kappa shape index (κ3) is 2.49. The highest BCUT2D eigenvalue weighted by atomic mass is 79.9. The van der Waals surface area contributed by atoms with Crippen molar-refractivity contribution in [2.24, 2.45) is 0 Å². The molecule has 0 atom stereocenters. The van der Waals surface area contributed by atoms with Crippen LogP contribution in [0.4, 0.5) is 0 Å². The molecule has 6 heteroatoms. The summed E-state index contributed by atoms with van der Waals surface area (Å²) in [5.74, 6) is 0.799. The Bertz CT molecular complexity index is 515. The maximum atomic E-state index is 6.10. The first-order valence-corrected chi connectivity index (χ1v) is 7.76. The molecule has 0 spiro atoms. The van der Waals surface area contributed by atoms with Crippen LogP contribution in [-0.4, -0.2) is 29.4 Å². The third-order valence-corrected chi connectivity index (χ3v) is 4.84. The van der Waals surface area contributed by atoms with E-state index in [0.717, 1.165) is 24.1 Å². The predicted octanol–water partition coefficient (Wildman–Crippen LogP) is 2.68. The van der Waals surface area contributed by atoms with Crippen molar-refractivity contribution < 1.29 is 14.0 Å². The number of hydrogen-bond donors (Lipinski definition) is 0. The summed E-state index contributed by atoms with van der Waals surface area (Å²) in [7, 11) is -0.461. The van der Waals surface area contributed by atoms with Gasteiger partial charge < -0.3 is 14.0 Å². The second-order valence-corrected chi connectivity index (χ2v) is 7.17.